The van der Waals surface area contributed by atoms with Gasteiger partial charge < -0.3 is 14.2 Å². The molecular weight excluding hydrogens is 468 g/mol. The van der Waals surface area contributed by atoms with Gasteiger partial charge in [0.05, 0.1) is 12.7 Å². The van der Waals surface area contributed by atoms with Crippen molar-refractivity contribution in [2.45, 2.75) is 108 Å². The van der Waals surface area contributed by atoms with Gasteiger partial charge >= 0.3 is 5.97 Å². The molecule has 0 radical (unpaired) electrons. The summed E-state index contributed by atoms with van der Waals surface area (Å²) in [6.45, 7) is 4.64. The molecule has 6 heteroatoms. The molecular formula is C31H42O6. The molecule has 2 atom stereocenters. The second kappa shape index (κ2) is 15.5. The Hall–Kier alpha value is -2.75. The summed E-state index contributed by atoms with van der Waals surface area (Å²) in [5.74, 6) is -0.230. The third-order valence-corrected chi connectivity index (χ3v) is 6.87. The number of unbranched alkanes of at least 4 members (excludes halogenated alkanes) is 3. The van der Waals surface area contributed by atoms with Crippen LogP contribution >= 0.6 is 0 Å². The number of carbonyl (C=O) groups is 3. The van der Waals surface area contributed by atoms with Gasteiger partial charge in [-0.3, -0.25) is 14.4 Å². The minimum Gasteiger partial charge on any atom is -0.462 e. The van der Waals surface area contributed by atoms with Crippen LogP contribution in [0.2, 0.25) is 0 Å². The maximum Gasteiger partial charge on any atom is 0.306 e. The quantitative estimate of drug-likeness (QED) is 0.168. The summed E-state index contributed by atoms with van der Waals surface area (Å²) in [7, 11) is 0. The molecule has 0 N–H and O–H groups in total. The molecule has 1 unspecified atom stereocenters. The maximum atomic E-state index is 12.6. The van der Waals surface area contributed by atoms with Crippen molar-refractivity contribution in [3.63, 3.8) is 0 Å². The first kappa shape index (κ1) is 30.5. The van der Waals surface area contributed by atoms with Gasteiger partial charge in [0.15, 0.2) is 11.6 Å². The third kappa shape index (κ3) is 9.91. The highest BCUT2D eigenvalue weighted by Gasteiger charge is 2.39. The number of carbonyl (C=O) groups excluding carboxylic acids is 3. The SMILES string of the molecule is C#C.CCCCCCC(=O)OC(CCOC1(CCC)C=CC(=O)C=C1)C[C@H]1CCC2(C=CC(=O)C=C2)O1. The number of ether oxygens (including phenoxy) is 3. The molecule has 1 spiro atoms. The number of rotatable bonds is 14. The van der Waals surface area contributed by atoms with E-state index in [0.29, 0.717) is 25.9 Å². The second-order valence-electron chi connectivity index (χ2n) is 9.87. The van der Waals surface area contributed by atoms with Crippen molar-refractivity contribution >= 4 is 17.5 Å². The second-order valence-corrected chi connectivity index (χ2v) is 9.87. The van der Waals surface area contributed by atoms with Crippen molar-refractivity contribution in [3.8, 4) is 12.8 Å². The zero-order valence-electron chi connectivity index (χ0n) is 22.4. The number of ketones is 2. The van der Waals surface area contributed by atoms with Crippen LogP contribution in [-0.4, -0.2) is 47.6 Å². The zero-order chi connectivity index (χ0) is 27.2. The zero-order valence-corrected chi connectivity index (χ0v) is 22.4. The van der Waals surface area contributed by atoms with Gasteiger partial charge in [0, 0.05) is 19.3 Å². The van der Waals surface area contributed by atoms with Crippen molar-refractivity contribution in [2.75, 3.05) is 6.61 Å². The summed E-state index contributed by atoms with van der Waals surface area (Å²) in [4.78, 5) is 35.7. The summed E-state index contributed by atoms with van der Waals surface area (Å²) < 4.78 is 18.5. The molecule has 3 rings (SSSR count). The molecule has 0 aromatic carbocycles. The van der Waals surface area contributed by atoms with E-state index in [9.17, 15) is 14.4 Å². The lowest BCUT2D eigenvalue weighted by molar-refractivity contribution is -0.152. The van der Waals surface area contributed by atoms with Gasteiger partial charge in [-0.15, -0.1) is 12.8 Å². The van der Waals surface area contributed by atoms with Gasteiger partial charge in [-0.2, -0.15) is 0 Å². The van der Waals surface area contributed by atoms with Gasteiger partial charge in [-0.25, -0.2) is 0 Å². The Morgan fingerprint density at radius 1 is 1.00 bits per heavy atom. The molecule has 3 aliphatic rings. The molecule has 1 saturated heterocycles. The van der Waals surface area contributed by atoms with Crippen molar-refractivity contribution in [3.05, 3.63) is 48.6 Å². The molecule has 6 nitrogen and oxygen atoms in total. The van der Waals surface area contributed by atoms with Gasteiger partial charge in [0.1, 0.15) is 17.3 Å². The molecule has 0 aromatic rings. The Morgan fingerprint density at radius 2 is 1.65 bits per heavy atom. The van der Waals surface area contributed by atoms with Crippen LogP contribution in [0.25, 0.3) is 0 Å². The number of hydrogen-bond donors (Lipinski definition) is 0. The summed E-state index contributed by atoms with van der Waals surface area (Å²) in [5, 5.41) is 0. The number of allylic oxidation sites excluding steroid dienone is 4. The topological polar surface area (TPSA) is 78.9 Å². The molecule has 0 saturated carbocycles. The molecule has 1 fully saturated rings. The van der Waals surface area contributed by atoms with Crippen LogP contribution < -0.4 is 0 Å². The Kier molecular flexibility index (Phi) is 12.8. The van der Waals surface area contributed by atoms with E-state index in [1.807, 2.05) is 24.3 Å². The predicted octanol–water partition coefficient (Wildman–Crippen LogP) is 5.76. The first-order chi connectivity index (χ1) is 17.9. The van der Waals surface area contributed by atoms with Crippen LogP contribution in [0.1, 0.15) is 84.5 Å². The molecule has 0 bridgehead atoms. The highest BCUT2D eigenvalue weighted by Crippen LogP contribution is 2.37. The van der Waals surface area contributed by atoms with E-state index in [2.05, 4.69) is 26.7 Å². The largest absolute Gasteiger partial charge is 0.462 e. The summed E-state index contributed by atoms with van der Waals surface area (Å²) in [6, 6.07) is 0. The van der Waals surface area contributed by atoms with Gasteiger partial charge in [0.25, 0.3) is 0 Å². The highest BCUT2D eigenvalue weighted by atomic mass is 16.6. The fourth-order valence-electron chi connectivity index (χ4n) is 4.91. The van der Waals surface area contributed by atoms with E-state index in [-0.39, 0.29) is 29.7 Å². The van der Waals surface area contributed by atoms with Gasteiger partial charge in [0.2, 0.25) is 0 Å². The fourth-order valence-corrected chi connectivity index (χ4v) is 4.91. The number of terminal acetylenes is 1. The van der Waals surface area contributed by atoms with E-state index < -0.39 is 11.2 Å². The van der Waals surface area contributed by atoms with Crippen LogP contribution in [0.5, 0.6) is 0 Å². The normalized spacial score (nSPS) is 21.6. The molecule has 202 valence electrons. The van der Waals surface area contributed by atoms with Crippen LogP contribution in [0.4, 0.5) is 0 Å². The summed E-state index contributed by atoms with van der Waals surface area (Å²) in [6.07, 6.45) is 30.2. The van der Waals surface area contributed by atoms with Gasteiger partial charge in [-0.05, 0) is 74.3 Å². The van der Waals surface area contributed by atoms with Crippen molar-refractivity contribution in [2.24, 2.45) is 0 Å². The van der Waals surface area contributed by atoms with Crippen molar-refractivity contribution < 1.29 is 28.6 Å². The lowest BCUT2D eigenvalue weighted by Crippen LogP contribution is -2.33. The van der Waals surface area contributed by atoms with E-state index in [1.54, 1.807) is 24.3 Å². The monoisotopic (exact) mass is 510 g/mol. The van der Waals surface area contributed by atoms with Crippen LogP contribution in [-0.2, 0) is 28.6 Å². The third-order valence-electron chi connectivity index (χ3n) is 6.87. The average Bonchev–Trinajstić information content (AvgIpc) is 3.29. The molecule has 1 heterocycles. The minimum absolute atomic E-state index is 0.0248. The van der Waals surface area contributed by atoms with Crippen LogP contribution in [0.15, 0.2) is 48.6 Å². The molecule has 37 heavy (non-hydrogen) atoms. The van der Waals surface area contributed by atoms with Gasteiger partial charge in [-0.1, -0.05) is 39.5 Å². The van der Waals surface area contributed by atoms with E-state index in [1.165, 1.54) is 0 Å². The number of hydrogen-bond acceptors (Lipinski definition) is 6. The molecule has 0 amide bonds. The van der Waals surface area contributed by atoms with Crippen molar-refractivity contribution in [1.82, 2.24) is 0 Å². The Balaban J connectivity index is 0.00000235. The Bertz CT molecular complexity index is 874. The lowest BCUT2D eigenvalue weighted by atomic mass is 9.92. The molecule has 0 aromatic heterocycles. The minimum atomic E-state index is -0.588. The summed E-state index contributed by atoms with van der Waals surface area (Å²) in [5.41, 5.74) is -1.12. The van der Waals surface area contributed by atoms with E-state index in [0.717, 1.165) is 51.4 Å². The van der Waals surface area contributed by atoms with E-state index in [4.69, 9.17) is 14.2 Å². The van der Waals surface area contributed by atoms with E-state index >= 15 is 0 Å². The maximum absolute atomic E-state index is 12.6. The number of esters is 1. The molecule has 1 aliphatic heterocycles. The van der Waals surface area contributed by atoms with Crippen LogP contribution in [0, 0.1) is 12.8 Å². The average molecular weight is 511 g/mol. The predicted molar refractivity (Wildman–Crippen MR) is 145 cm³/mol. The Morgan fingerprint density at radius 3 is 2.27 bits per heavy atom. The molecule has 2 aliphatic carbocycles. The highest BCUT2D eigenvalue weighted by molar-refractivity contribution is 6.01. The Labute approximate surface area is 222 Å². The van der Waals surface area contributed by atoms with Crippen LogP contribution in [0.3, 0.4) is 0 Å². The smallest absolute Gasteiger partial charge is 0.306 e. The first-order valence-electron chi connectivity index (χ1n) is 13.6. The lowest BCUT2D eigenvalue weighted by Gasteiger charge is -2.30. The van der Waals surface area contributed by atoms with Crippen molar-refractivity contribution in [1.29, 1.82) is 0 Å². The fraction of sp³-hybridized carbons (Fsp3) is 0.581. The first-order valence-corrected chi connectivity index (χ1v) is 13.6. The standard InChI is InChI=1S/C29H40O6.C2H2/c1-3-5-6-7-8-27(32)34-25(14-21-33-28(15-4-2)16-9-23(30)10-17-28)22-26-13-20-29(35-26)18-11-24(31)12-19-29;1-2/h9-12,16-19,25-26H,3-8,13-15,20-22H2,1-2H3;1-2H/t25?,26-;/m1./s1. The summed E-state index contributed by atoms with van der Waals surface area (Å²) >= 11 is 0.